The minimum Gasteiger partial charge on any atom is -0.465 e. The number of nitrogen functional groups attached to an aromatic ring is 1. The van der Waals surface area contributed by atoms with Gasteiger partial charge in [0, 0.05) is 5.25 Å². The molecule has 0 saturated carbocycles. The summed E-state index contributed by atoms with van der Waals surface area (Å²) in [5.74, 6) is -0.405. The van der Waals surface area contributed by atoms with Crippen LogP contribution in [0.25, 0.3) is 0 Å². The molecule has 1 rings (SSSR count). The summed E-state index contributed by atoms with van der Waals surface area (Å²) in [5.41, 5.74) is 6.46. The van der Waals surface area contributed by atoms with Gasteiger partial charge in [0.1, 0.15) is 5.03 Å². The third-order valence-electron chi connectivity index (χ3n) is 1.62. The summed E-state index contributed by atoms with van der Waals surface area (Å²) in [7, 11) is 1.34. The first kappa shape index (κ1) is 11.8. The molecule has 5 heteroatoms. The monoisotopic (exact) mass is 226 g/mol. The Morgan fingerprint density at radius 3 is 2.80 bits per heavy atom. The van der Waals surface area contributed by atoms with Gasteiger partial charge in [0.25, 0.3) is 0 Å². The van der Waals surface area contributed by atoms with Crippen molar-refractivity contribution < 1.29 is 9.53 Å². The van der Waals surface area contributed by atoms with Gasteiger partial charge < -0.3 is 10.5 Å². The van der Waals surface area contributed by atoms with Gasteiger partial charge in [-0.25, -0.2) is 9.78 Å². The first-order valence-corrected chi connectivity index (χ1v) is 5.43. The van der Waals surface area contributed by atoms with Crippen LogP contribution < -0.4 is 5.73 Å². The summed E-state index contributed by atoms with van der Waals surface area (Å²) in [6.45, 7) is 4.06. The molecular formula is C10H14N2O2S. The largest absolute Gasteiger partial charge is 0.465 e. The molecule has 0 bridgehead atoms. The Hall–Kier alpha value is -1.23. The molecule has 0 amide bonds. The van der Waals surface area contributed by atoms with Crippen LogP contribution in [0.15, 0.2) is 17.3 Å². The molecule has 0 aliphatic carbocycles. The number of carbonyl (C=O) groups is 1. The van der Waals surface area contributed by atoms with Crippen LogP contribution in [0.2, 0.25) is 0 Å². The molecule has 0 saturated heterocycles. The summed E-state index contributed by atoms with van der Waals surface area (Å²) in [5, 5.41) is 1.01. The van der Waals surface area contributed by atoms with Crippen LogP contribution in [-0.4, -0.2) is 23.3 Å². The summed E-state index contributed by atoms with van der Waals surface area (Å²) in [6, 6.07) is 1.59. The molecule has 0 fully saturated rings. The van der Waals surface area contributed by atoms with Gasteiger partial charge in [-0.05, 0) is 6.07 Å². The van der Waals surface area contributed by atoms with E-state index in [0.717, 1.165) is 0 Å². The standard InChI is InChI=1S/C10H14N2O2S/c1-6(2)15-9-8(10(13)14-3)4-7(11)5-12-9/h4-6H,11H2,1-3H3. The molecule has 0 atom stereocenters. The predicted molar refractivity (Wildman–Crippen MR) is 61.0 cm³/mol. The van der Waals surface area contributed by atoms with E-state index in [1.165, 1.54) is 25.1 Å². The number of aromatic nitrogens is 1. The molecular weight excluding hydrogens is 212 g/mol. The smallest absolute Gasteiger partial charge is 0.340 e. The molecule has 1 aromatic heterocycles. The van der Waals surface area contributed by atoms with Crippen molar-refractivity contribution in [2.75, 3.05) is 12.8 Å². The molecule has 0 aliphatic heterocycles. The van der Waals surface area contributed by atoms with Crippen molar-refractivity contribution in [1.29, 1.82) is 0 Å². The lowest BCUT2D eigenvalue weighted by atomic mass is 10.3. The minimum atomic E-state index is -0.405. The Morgan fingerprint density at radius 2 is 2.27 bits per heavy atom. The van der Waals surface area contributed by atoms with E-state index >= 15 is 0 Å². The Kier molecular flexibility index (Phi) is 3.96. The highest BCUT2D eigenvalue weighted by molar-refractivity contribution is 7.99. The zero-order valence-corrected chi connectivity index (χ0v) is 9.80. The summed E-state index contributed by atoms with van der Waals surface area (Å²) >= 11 is 1.51. The van der Waals surface area contributed by atoms with E-state index in [9.17, 15) is 4.79 Å². The van der Waals surface area contributed by atoms with Crippen molar-refractivity contribution in [2.45, 2.75) is 24.1 Å². The zero-order chi connectivity index (χ0) is 11.4. The number of ether oxygens (including phenoxy) is 1. The van der Waals surface area contributed by atoms with Crippen molar-refractivity contribution in [3.63, 3.8) is 0 Å². The van der Waals surface area contributed by atoms with Crippen molar-refractivity contribution in [3.8, 4) is 0 Å². The maximum Gasteiger partial charge on any atom is 0.340 e. The van der Waals surface area contributed by atoms with E-state index in [-0.39, 0.29) is 0 Å². The number of esters is 1. The second kappa shape index (κ2) is 5.02. The molecule has 2 N–H and O–H groups in total. The first-order chi connectivity index (χ1) is 7.04. The molecule has 0 unspecified atom stereocenters. The van der Waals surface area contributed by atoms with Crippen LogP contribution in [0.5, 0.6) is 0 Å². The topological polar surface area (TPSA) is 65.2 Å². The molecule has 1 aromatic rings. The Balaban J connectivity index is 3.08. The number of thioether (sulfide) groups is 1. The predicted octanol–water partition coefficient (Wildman–Crippen LogP) is 1.95. The normalized spacial score (nSPS) is 10.4. The van der Waals surface area contributed by atoms with Crippen molar-refractivity contribution in [2.24, 2.45) is 0 Å². The molecule has 0 aliphatic rings. The van der Waals surface area contributed by atoms with Crippen LogP contribution in [0.1, 0.15) is 24.2 Å². The van der Waals surface area contributed by atoms with E-state index in [2.05, 4.69) is 9.72 Å². The number of carbonyl (C=O) groups excluding carboxylic acids is 1. The highest BCUT2D eigenvalue weighted by atomic mass is 32.2. The van der Waals surface area contributed by atoms with Gasteiger partial charge in [-0.3, -0.25) is 0 Å². The van der Waals surface area contributed by atoms with Crippen molar-refractivity contribution >= 4 is 23.4 Å². The molecule has 1 heterocycles. The Morgan fingerprint density at radius 1 is 1.60 bits per heavy atom. The average molecular weight is 226 g/mol. The van der Waals surface area contributed by atoms with Crippen molar-refractivity contribution in [1.82, 2.24) is 4.98 Å². The van der Waals surface area contributed by atoms with E-state index in [4.69, 9.17) is 5.73 Å². The van der Waals surface area contributed by atoms with E-state index in [1.807, 2.05) is 13.8 Å². The van der Waals surface area contributed by atoms with Gasteiger partial charge >= 0.3 is 5.97 Å². The third-order valence-corrected chi connectivity index (χ3v) is 2.64. The maximum atomic E-state index is 11.4. The molecule has 0 spiro atoms. The number of hydrogen-bond donors (Lipinski definition) is 1. The number of nitrogens with zero attached hydrogens (tertiary/aromatic N) is 1. The zero-order valence-electron chi connectivity index (χ0n) is 8.98. The summed E-state index contributed by atoms with van der Waals surface area (Å²) in [4.78, 5) is 15.6. The fourth-order valence-electron chi connectivity index (χ4n) is 1.04. The number of pyridine rings is 1. The number of hydrogen-bond acceptors (Lipinski definition) is 5. The van der Waals surface area contributed by atoms with E-state index in [1.54, 1.807) is 6.07 Å². The SMILES string of the molecule is COC(=O)c1cc(N)cnc1SC(C)C. The number of nitrogens with two attached hydrogens (primary N) is 1. The lowest BCUT2D eigenvalue weighted by Crippen LogP contribution is -2.06. The number of anilines is 1. The second-order valence-corrected chi connectivity index (χ2v) is 4.84. The summed E-state index contributed by atoms with van der Waals surface area (Å²) < 4.78 is 4.67. The second-order valence-electron chi connectivity index (χ2n) is 3.28. The quantitative estimate of drug-likeness (QED) is 0.630. The molecule has 4 nitrogen and oxygen atoms in total. The summed E-state index contributed by atoms with van der Waals surface area (Å²) in [6.07, 6.45) is 1.54. The average Bonchev–Trinajstić information content (AvgIpc) is 2.19. The molecule has 0 aromatic carbocycles. The van der Waals surface area contributed by atoms with Crippen LogP contribution in [0.3, 0.4) is 0 Å². The van der Waals surface area contributed by atoms with Gasteiger partial charge in [0.15, 0.2) is 0 Å². The Labute approximate surface area is 93.2 Å². The van der Waals surface area contributed by atoms with Gasteiger partial charge in [-0.1, -0.05) is 13.8 Å². The van der Waals surface area contributed by atoms with E-state index in [0.29, 0.717) is 21.5 Å². The fraction of sp³-hybridized carbons (Fsp3) is 0.400. The van der Waals surface area contributed by atoms with Crippen LogP contribution in [0.4, 0.5) is 5.69 Å². The van der Waals surface area contributed by atoms with Crippen LogP contribution in [0, 0.1) is 0 Å². The van der Waals surface area contributed by atoms with Gasteiger partial charge in [-0.2, -0.15) is 0 Å². The lowest BCUT2D eigenvalue weighted by molar-refractivity contribution is 0.0596. The van der Waals surface area contributed by atoms with Crippen molar-refractivity contribution in [3.05, 3.63) is 17.8 Å². The van der Waals surface area contributed by atoms with E-state index < -0.39 is 5.97 Å². The molecule has 0 radical (unpaired) electrons. The first-order valence-electron chi connectivity index (χ1n) is 4.55. The maximum absolute atomic E-state index is 11.4. The highest BCUT2D eigenvalue weighted by Gasteiger charge is 2.15. The third kappa shape index (κ3) is 3.13. The number of rotatable bonds is 3. The fourth-order valence-corrected chi connectivity index (χ4v) is 1.87. The minimum absolute atomic E-state index is 0.351. The van der Waals surface area contributed by atoms with Gasteiger partial charge in [0.05, 0.1) is 24.6 Å². The number of methoxy groups -OCH3 is 1. The highest BCUT2D eigenvalue weighted by Crippen LogP contribution is 2.26. The molecule has 15 heavy (non-hydrogen) atoms. The molecule has 82 valence electrons. The lowest BCUT2D eigenvalue weighted by Gasteiger charge is -2.09. The Bertz CT molecular complexity index is 366. The van der Waals surface area contributed by atoms with Gasteiger partial charge in [0.2, 0.25) is 0 Å². The van der Waals surface area contributed by atoms with Crippen LogP contribution in [-0.2, 0) is 4.74 Å². The van der Waals surface area contributed by atoms with Gasteiger partial charge in [-0.15, -0.1) is 11.8 Å². The van der Waals surface area contributed by atoms with Crippen LogP contribution >= 0.6 is 11.8 Å².